The van der Waals surface area contributed by atoms with E-state index in [-0.39, 0.29) is 36.5 Å². The maximum atomic E-state index is 12.2. The number of guanidine groups is 1. The molecule has 2 aromatic rings. The molecule has 0 bridgehead atoms. The van der Waals surface area contributed by atoms with Crippen molar-refractivity contribution in [2.75, 3.05) is 45.3 Å². The Balaban J connectivity index is 0.00000341. The summed E-state index contributed by atoms with van der Waals surface area (Å²) in [5.74, 6) is 2.40. The van der Waals surface area contributed by atoms with Crippen molar-refractivity contribution in [3.05, 3.63) is 53.6 Å². The predicted molar refractivity (Wildman–Crippen MR) is 135 cm³/mol. The highest BCUT2D eigenvalue weighted by molar-refractivity contribution is 14.0. The van der Waals surface area contributed by atoms with Crippen LogP contribution in [0.15, 0.2) is 47.5 Å². The second-order valence-corrected chi connectivity index (χ2v) is 7.15. The zero-order valence-corrected chi connectivity index (χ0v) is 20.6. The van der Waals surface area contributed by atoms with Crippen LogP contribution in [0.1, 0.15) is 17.5 Å². The molecule has 0 radical (unpaired) electrons. The Bertz CT molecular complexity index is 904. The van der Waals surface area contributed by atoms with Crippen molar-refractivity contribution in [3.63, 3.8) is 0 Å². The number of carbonyl (C=O) groups is 1. The molecule has 0 spiro atoms. The van der Waals surface area contributed by atoms with Gasteiger partial charge in [0.25, 0.3) is 5.91 Å². The molecule has 7 nitrogen and oxygen atoms in total. The van der Waals surface area contributed by atoms with Crippen molar-refractivity contribution in [1.29, 1.82) is 0 Å². The summed E-state index contributed by atoms with van der Waals surface area (Å²) in [7, 11) is 3.45. The van der Waals surface area contributed by atoms with Crippen molar-refractivity contribution >= 4 is 41.5 Å². The number of benzene rings is 2. The largest absolute Gasteiger partial charge is 0.496 e. The third kappa shape index (κ3) is 6.75. The molecule has 0 unspecified atom stereocenters. The lowest BCUT2D eigenvalue weighted by molar-refractivity contribution is -0.121. The first-order valence-corrected chi connectivity index (χ1v) is 10.2. The highest BCUT2D eigenvalue weighted by Gasteiger charge is 2.24. The molecule has 0 fully saturated rings. The zero-order valence-electron chi connectivity index (χ0n) is 18.3. The van der Waals surface area contributed by atoms with Crippen molar-refractivity contribution in [3.8, 4) is 11.5 Å². The Labute approximate surface area is 201 Å². The third-order valence-electron chi connectivity index (χ3n) is 5.01. The Morgan fingerprint density at radius 2 is 1.97 bits per heavy atom. The van der Waals surface area contributed by atoms with E-state index in [1.807, 2.05) is 36.4 Å². The monoisotopic (exact) mass is 538 g/mol. The number of fused-ring (bicyclic) bond motifs is 1. The number of hydrogen-bond donors (Lipinski definition) is 2. The van der Waals surface area contributed by atoms with E-state index in [0.29, 0.717) is 13.1 Å². The Morgan fingerprint density at radius 3 is 2.74 bits per heavy atom. The summed E-state index contributed by atoms with van der Waals surface area (Å²) < 4.78 is 10.9. The van der Waals surface area contributed by atoms with Crippen LogP contribution in [0, 0.1) is 6.92 Å². The standard InChI is InChI=1S/C23H30N4O3.HI/c1-17-9-10-20(29-3)18(15-17)11-13-26-23(24-2)25-12-6-14-27-19-7-4-5-8-21(19)30-16-22(27)28;/h4-5,7-10,15H,6,11-14,16H2,1-3H3,(H2,24,25,26);1H. The highest BCUT2D eigenvalue weighted by atomic mass is 127. The van der Waals surface area contributed by atoms with Crippen LogP contribution in [-0.2, 0) is 11.2 Å². The Kier molecular flexibility index (Phi) is 9.90. The van der Waals surface area contributed by atoms with Crippen LogP contribution in [0.25, 0.3) is 0 Å². The minimum absolute atomic E-state index is 0. The van der Waals surface area contributed by atoms with E-state index in [0.717, 1.165) is 42.5 Å². The average Bonchev–Trinajstić information content (AvgIpc) is 2.76. The normalized spacial score (nSPS) is 13.1. The van der Waals surface area contributed by atoms with Crippen LogP contribution < -0.4 is 25.0 Å². The molecule has 0 atom stereocenters. The van der Waals surface area contributed by atoms with Crippen molar-refractivity contribution in [1.82, 2.24) is 10.6 Å². The lowest BCUT2D eigenvalue weighted by Crippen LogP contribution is -2.42. The molecule has 1 aliphatic heterocycles. The van der Waals surface area contributed by atoms with Gasteiger partial charge in [-0.2, -0.15) is 0 Å². The maximum Gasteiger partial charge on any atom is 0.265 e. The molecule has 168 valence electrons. The van der Waals surface area contributed by atoms with E-state index in [1.54, 1.807) is 19.1 Å². The van der Waals surface area contributed by atoms with Gasteiger partial charge in [-0.25, -0.2) is 0 Å². The molecule has 0 saturated heterocycles. The van der Waals surface area contributed by atoms with Crippen molar-refractivity contribution in [2.45, 2.75) is 19.8 Å². The van der Waals surface area contributed by atoms with Gasteiger partial charge < -0.3 is 25.0 Å². The van der Waals surface area contributed by atoms with Crippen LogP contribution >= 0.6 is 24.0 Å². The predicted octanol–water partition coefficient (Wildman–Crippen LogP) is 3.14. The number of rotatable bonds is 8. The highest BCUT2D eigenvalue weighted by Crippen LogP contribution is 2.31. The number of para-hydroxylation sites is 2. The molecule has 8 heteroatoms. The SMILES string of the molecule is CN=C(NCCCN1C(=O)COc2ccccc21)NCCc1cc(C)ccc1OC.I. The van der Waals surface area contributed by atoms with E-state index in [4.69, 9.17) is 9.47 Å². The fraction of sp³-hybridized carbons (Fsp3) is 0.391. The average molecular weight is 538 g/mol. The quantitative estimate of drug-likeness (QED) is 0.234. The van der Waals surface area contributed by atoms with Crippen molar-refractivity contribution < 1.29 is 14.3 Å². The summed E-state index contributed by atoms with van der Waals surface area (Å²) in [5.41, 5.74) is 3.22. The number of halogens is 1. The van der Waals surface area contributed by atoms with Gasteiger partial charge in [-0.15, -0.1) is 24.0 Å². The summed E-state index contributed by atoms with van der Waals surface area (Å²) in [6.45, 7) is 4.25. The van der Waals surface area contributed by atoms with Gasteiger partial charge >= 0.3 is 0 Å². The molecule has 2 aromatic carbocycles. The lowest BCUT2D eigenvalue weighted by Gasteiger charge is -2.29. The molecule has 0 aromatic heterocycles. The first kappa shape index (κ1) is 24.8. The fourth-order valence-corrected chi connectivity index (χ4v) is 3.48. The fourth-order valence-electron chi connectivity index (χ4n) is 3.48. The summed E-state index contributed by atoms with van der Waals surface area (Å²) in [5, 5.41) is 6.65. The number of carbonyl (C=O) groups excluding carboxylic acids is 1. The molecule has 31 heavy (non-hydrogen) atoms. The first-order valence-electron chi connectivity index (χ1n) is 10.2. The number of anilines is 1. The molecule has 2 N–H and O–H groups in total. The molecular formula is C23H31IN4O3. The number of methoxy groups -OCH3 is 1. The number of hydrogen-bond acceptors (Lipinski definition) is 4. The van der Waals surface area contributed by atoms with Crippen LogP contribution in [0.4, 0.5) is 5.69 Å². The van der Waals surface area contributed by atoms with Crippen LogP contribution in [0.2, 0.25) is 0 Å². The topological polar surface area (TPSA) is 75.2 Å². The molecule has 1 amide bonds. The molecule has 1 aliphatic rings. The molecule has 1 heterocycles. The summed E-state index contributed by atoms with van der Waals surface area (Å²) in [6, 6.07) is 13.8. The first-order chi connectivity index (χ1) is 14.6. The van der Waals surface area contributed by atoms with Gasteiger partial charge in [-0.05, 0) is 43.5 Å². The number of aryl methyl sites for hydroxylation is 1. The van der Waals surface area contributed by atoms with Crippen LogP contribution in [0.5, 0.6) is 11.5 Å². The van der Waals surface area contributed by atoms with Gasteiger partial charge in [-0.3, -0.25) is 9.79 Å². The van der Waals surface area contributed by atoms with Gasteiger partial charge in [-0.1, -0.05) is 29.8 Å². The lowest BCUT2D eigenvalue weighted by atomic mass is 10.1. The van der Waals surface area contributed by atoms with Gasteiger partial charge in [0.05, 0.1) is 12.8 Å². The second kappa shape index (κ2) is 12.4. The minimum atomic E-state index is -0.0108. The smallest absolute Gasteiger partial charge is 0.265 e. The number of ether oxygens (including phenoxy) is 2. The number of nitrogens with zero attached hydrogens (tertiary/aromatic N) is 2. The van der Waals surface area contributed by atoms with Gasteiger partial charge in [0.1, 0.15) is 11.5 Å². The van der Waals surface area contributed by atoms with Gasteiger partial charge in [0, 0.05) is 26.7 Å². The molecular weight excluding hydrogens is 507 g/mol. The Hall–Kier alpha value is -2.49. The summed E-state index contributed by atoms with van der Waals surface area (Å²) in [4.78, 5) is 18.3. The summed E-state index contributed by atoms with van der Waals surface area (Å²) >= 11 is 0. The minimum Gasteiger partial charge on any atom is -0.496 e. The molecule has 0 aliphatic carbocycles. The number of nitrogens with one attached hydrogen (secondary N) is 2. The second-order valence-electron chi connectivity index (χ2n) is 7.15. The van der Waals surface area contributed by atoms with E-state index in [1.165, 1.54) is 11.1 Å². The van der Waals surface area contributed by atoms with E-state index in [2.05, 4.69) is 28.6 Å². The third-order valence-corrected chi connectivity index (χ3v) is 5.01. The van der Waals surface area contributed by atoms with Gasteiger partial charge in [0.2, 0.25) is 0 Å². The number of amides is 1. The van der Waals surface area contributed by atoms with Gasteiger partial charge in [0.15, 0.2) is 12.6 Å². The Morgan fingerprint density at radius 1 is 1.19 bits per heavy atom. The van der Waals surface area contributed by atoms with Crippen LogP contribution in [-0.4, -0.2) is 52.3 Å². The van der Waals surface area contributed by atoms with E-state index in [9.17, 15) is 4.79 Å². The molecule has 3 rings (SSSR count). The summed E-state index contributed by atoms with van der Waals surface area (Å²) in [6.07, 6.45) is 1.64. The number of aliphatic imine (C=N–C) groups is 1. The van der Waals surface area contributed by atoms with Crippen molar-refractivity contribution in [2.24, 2.45) is 4.99 Å². The maximum absolute atomic E-state index is 12.2. The van der Waals surface area contributed by atoms with Crippen LogP contribution in [0.3, 0.4) is 0 Å². The van der Waals surface area contributed by atoms with E-state index < -0.39 is 0 Å². The zero-order chi connectivity index (χ0) is 21.3. The molecule has 0 saturated carbocycles. The van der Waals surface area contributed by atoms with E-state index >= 15 is 0 Å².